The fraction of sp³-hybridized carbons (Fsp3) is 0.300. The SMILES string of the molecule is CCCCCOc1ccc(C2/C(=C(\O)c3ccc(OC)c(OC)c3)C(=O)C(=O)N2Cc2ccncc2)cc1. The van der Waals surface area contributed by atoms with Crippen LogP contribution < -0.4 is 14.2 Å². The summed E-state index contributed by atoms with van der Waals surface area (Å²) in [6, 6.07) is 14.9. The van der Waals surface area contributed by atoms with Crippen LogP contribution in [0.15, 0.2) is 72.6 Å². The van der Waals surface area contributed by atoms with Crippen molar-refractivity contribution < 1.29 is 28.9 Å². The van der Waals surface area contributed by atoms with E-state index in [-0.39, 0.29) is 17.9 Å². The molecular formula is C30H32N2O6. The van der Waals surface area contributed by atoms with E-state index >= 15 is 0 Å². The molecule has 0 bridgehead atoms. The lowest BCUT2D eigenvalue weighted by Gasteiger charge is -2.25. The molecule has 0 radical (unpaired) electrons. The van der Waals surface area contributed by atoms with E-state index in [0.717, 1.165) is 24.8 Å². The van der Waals surface area contributed by atoms with Crippen molar-refractivity contribution in [1.29, 1.82) is 0 Å². The number of unbranched alkanes of at least 4 members (excludes halogenated alkanes) is 2. The zero-order valence-corrected chi connectivity index (χ0v) is 21.8. The summed E-state index contributed by atoms with van der Waals surface area (Å²) < 4.78 is 16.5. The first-order chi connectivity index (χ1) is 18.5. The Hall–Kier alpha value is -4.33. The molecule has 0 saturated carbocycles. The second-order valence-corrected chi connectivity index (χ2v) is 8.98. The molecular weight excluding hydrogens is 484 g/mol. The number of methoxy groups -OCH3 is 2. The highest BCUT2D eigenvalue weighted by atomic mass is 16.5. The van der Waals surface area contributed by atoms with Crippen LogP contribution in [0.25, 0.3) is 5.76 Å². The van der Waals surface area contributed by atoms with Crippen molar-refractivity contribution in [2.75, 3.05) is 20.8 Å². The molecule has 1 N–H and O–H groups in total. The van der Waals surface area contributed by atoms with Gasteiger partial charge in [0.25, 0.3) is 11.7 Å². The lowest BCUT2D eigenvalue weighted by molar-refractivity contribution is -0.140. The van der Waals surface area contributed by atoms with Crippen molar-refractivity contribution >= 4 is 17.4 Å². The minimum absolute atomic E-state index is 0.00731. The average Bonchev–Trinajstić information content (AvgIpc) is 3.20. The molecule has 1 fully saturated rings. The van der Waals surface area contributed by atoms with Gasteiger partial charge in [-0.2, -0.15) is 0 Å². The van der Waals surface area contributed by atoms with Crippen molar-refractivity contribution in [3.63, 3.8) is 0 Å². The van der Waals surface area contributed by atoms with E-state index in [9.17, 15) is 14.7 Å². The molecule has 1 aliphatic heterocycles. The third kappa shape index (κ3) is 5.64. The monoisotopic (exact) mass is 516 g/mol. The maximum atomic E-state index is 13.3. The molecule has 8 heteroatoms. The topological polar surface area (TPSA) is 98.2 Å². The number of aliphatic hydroxyl groups is 1. The van der Waals surface area contributed by atoms with Crippen LogP contribution in [0.4, 0.5) is 0 Å². The Morgan fingerprint density at radius 2 is 1.66 bits per heavy atom. The minimum Gasteiger partial charge on any atom is -0.507 e. The first kappa shape index (κ1) is 26.7. The van der Waals surface area contributed by atoms with Crippen molar-refractivity contribution in [3.05, 3.63) is 89.3 Å². The average molecular weight is 517 g/mol. The summed E-state index contributed by atoms with van der Waals surface area (Å²) in [4.78, 5) is 32.1. The number of Topliss-reactive ketones (excluding diaryl/α,β-unsaturated/α-hetero) is 1. The number of ketones is 1. The zero-order valence-electron chi connectivity index (χ0n) is 21.8. The van der Waals surface area contributed by atoms with E-state index in [1.54, 1.807) is 42.7 Å². The Labute approximate surface area is 222 Å². The van der Waals surface area contributed by atoms with Crippen molar-refractivity contribution in [1.82, 2.24) is 9.88 Å². The lowest BCUT2D eigenvalue weighted by atomic mass is 9.95. The molecule has 2 heterocycles. The second kappa shape index (κ2) is 12.3. The van der Waals surface area contributed by atoms with Crippen molar-refractivity contribution in [3.8, 4) is 17.2 Å². The van der Waals surface area contributed by atoms with Gasteiger partial charge in [-0.05, 0) is 60.0 Å². The number of likely N-dealkylation sites (tertiary alicyclic amines) is 1. The van der Waals surface area contributed by atoms with Gasteiger partial charge in [0.1, 0.15) is 11.5 Å². The smallest absolute Gasteiger partial charge is 0.295 e. The van der Waals surface area contributed by atoms with Crippen molar-refractivity contribution in [2.45, 2.75) is 38.8 Å². The van der Waals surface area contributed by atoms with Gasteiger partial charge in [0.05, 0.1) is 32.4 Å². The minimum atomic E-state index is -0.801. The first-order valence-corrected chi connectivity index (χ1v) is 12.6. The molecule has 198 valence electrons. The summed E-state index contributed by atoms with van der Waals surface area (Å²) >= 11 is 0. The molecule has 3 aromatic rings. The highest BCUT2D eigenvalue weighted by Gasteiger charge is 2.46. The van der Waals surface area contributed by atoms with Crippen LogP contribution >= 0.6 is 0 Å². The van der Waals surface area contributed by atoms with Crippen LogP contribution in [0.5, 0.6) is 17.2 Å². The maximum Gasteiger partial charge on any atom is 0.295 e. The predicted octanol–water partition coefficient (Wildman–Crippen LogP) is 5.29. The number of benzene rings is 2. The molecule has 1 aliphatic rings. The number of aromatic nitrogens is 1. The van der Waals surface area contributed by atoms with Crippen LogP contribution in [0.1, 0.15) is 48.9 Å². The number of pyridine rings is 1. The third-order valence-corrected chi connectivity index (χ3v) is 6.51. The molecule has 1 saturated heterocycles. The number of aliphatic hydroxyl groups excluding tert-OH is 1. The number of carbonyl (C=O) groups is 2. The van der Waals surface area contributed by atoms with Crippen molar-refractivity contribution in [2.24, 2.45) is 0 Å². The van der Waals surface area contributed by atoms with Crippen LogP contribution in [-0.4, -0.2) is 47.5 Å². The van der Waals surface area contributed by atoms with E-state index in [4.69, 9.17) is 14.2 Å². The fourth-order valence-corrected chi connectivity index (χ4v) is 4.50. The number of rotatable bonds is 11. The van der Waals surface area contributed by atoms with Crippen LogP contribution in [-0.2, 0) is 16.1 Å². The summed E-state index contributed by atoms with van der Waals surface area (Å²) in [6.45, 7) is 2.93. The second-order valence-electron chi connectivity index (χ2n) is 8.98. The Balaban J connectivity index is 1.76. The molecule has 1 aromatic heterocycles. The van der Waals surface area contributed by atoms with E-state index in [1.165, 1.54) is 19.1 Å². The summed E-state index contributed by atoms with van der Waals surface area (Å²) in [6.07, 6.45) is 6.44. The van der Waals surface area contributed by atoms with Gasteiger partial charge in [-0.1, -0.05) is 31.9 Å². The Morgan fingerprint density at radius 3 is 2.32 bits per heavy atom. The van der Waals surface area contributed by atoms with Gasteiger partial charge in [0.15, 0.2) is 11.5 Å². The summed E-state index contributed by atoms with van der Waals surface area (Å²) in [7, 11) is 3.00. The first-order valence-electron chi connectivity index (χ1n) is 12.6. The fourth-order valence-electron chi connectivity index (χ4n) is 4.50. The molecule has 4 rings (SSSR count). The van der Waals surface area contributed by atoms with Gasteiger partial charge in [-0.25, -0.2) is 0 Å². The Bertz CT molecular complexity index is 1300. The summed E-state index contributed by atoms with van der Waals surface area (Å²) in [5, 5.41) is 11.4. The quantitative estimate of drug-likeness (QED) is 0.160. The molecule has 0 spiro atoms. The molecule has 8 nitrogen and oxygen atoms in total. The summed E-state index contributed by atoms with van der Waals surface area (Å²) in [5.74, 6) is -0.149. The molecule has 0 aliphatic carbocycles. The van der Waals surface area contributed by atoms with Gasteiger partial charge in [0, 0.05) is 24.5 Å². The maximum absolute atomic E-state index is 13.3. The van der Waals surface area contributed by atoms with E-state index in [2.05, 4.69) is 11.9 Å². The number of nitrogens with zero attached hydrogens (tertiary/aromatic N) is 2. The van der Waals surface area contributed by atoms with Gasteiger partial charge in [0.2, 0.25) is 0 Å². The number of amides is 1. The van der Waals surface area contributed by atoms with Gasteiger partial charge in [-0.15, -0.1) is 0 Å². The Morgan fingerprint density at radius 1 is 0.947 bits per heavy atom. The third-order valence-electron chi connectivity index (χ3n) is 6.51. The standard InChI is InChI=1S/C30H32N2O6/c1-4-5-6-17-38-23-10-7-21(8-11-23)27-26(28(33)22-9-12-24(36-2)25(18-22)37-3)29(34)30(35)32(27)19-20-13-15-31-16-14-20/h7-16,18,27,33H,4-6,17,19H2,1-3H3/b28-26+. The molecule has 1 unspecified atom stereocenters. The summed E-state index contributed by atoms with van der Waals surface area (Å²) in [5.41, 5.74) is 1.84. The molecule has 38 heavy (non-hydrogen) atoms. The largest absolute Gasteiger partial charge is 0.507 e. The van der Waals surface area contributed by atoms with E-state index in [0.29, 0.717) is 35.0 Å². The number of ether oxygens (including phenoxy) is 3. The molecule has 2 aromatic carbocycles. The predicted molar refractivity (Wildman–Crippen MR) is 143 cm³/mol. The van der Waals surface area contributed by atoms with Crippen LogP contribution in [0.3, 0.4) is 0 Å². The van der Waals surface area contributed by atoms with Crippen LogP contribution in [0.2, 0.25) is 0 Å². The lowest BCUT2D eigenvalue weighted by Crippen LogP contribution is -2.29. The van der Waals surface area contributed by atoms with Gasteiger partial charge >= 0.3 is 0 Å². The van der Waals surface area contributed by atoms with Gasteiger partial charge < -0.3 is 24.2 Å². The molecule has 1 atom stereocenters. The van der Waals surface area contributed by atoms with Crippen LogP contribution in [0, 0.1) is 0 Å². The van der Waals surface area contributed by atoms with Gasteiger partial charge in [-0.3, -0.25) is 14.6 Å². The van der Waals surface area contributed by atoms with E-state index in [1.807, 2.05) is 24.3 Å². The highest BCUT2D eigenvalue weighted by Crippen LogP contribution is 2.41. The zero-order chi connectivity index (χ0) is 27.1. The highest BCUT2D eigenvalue weighted by molar-refractivity contribution is 6.46. The number of hydrogen-bond donors (Lipinski definition) is 1. The number of hydrogen-bond acceptors (Lipinski definition) is 7. The molecule has 1 amide bonds. The number of carbonyl (C=O) groups excluding carboxylic acids is 2. The Kier molecular flexibility index (Phi) is 8.63. The normalized spacial score (nSPS) is 16.5. The van der Waals surface area contributed by atoms with E-state index < -0.39 is 17.7 Å².